The van der Waals surface area contributed by atoms with Gasteiger partial charge in [0.15, 0.2) is 0 Å². The molecule has 0 aliphatic rings. The van der Waals surface area contributed by atoms with E-state index in [1.165, 1.54) is 5.56 Å². The third-order valence-electron chi connectivity index (χ3n) is 2.67. The van der Waals surface area contributed by atoms with Gasteiger partial charge in [0.2, 0.25) is 0 Å². The highest BCUT2D eigenvalue weighted by atomic mass is 32.1. The molecule has 0 amide bonds. The first-order valence-corrected chi connectivity index (χ1v) is 7.37. The molecule has 0 atom stereocenters. The molecule has 0 spiro atoms. The monoisotopic (exact) mass is 276 g/mol. The second kappa shape index (κ2) is 6.68. The van der Waals surface area contributed by atoms with Crippen LogP contribution in [0.2, 0.25) is 0 Å². The SMILES string of the molecule is Cc1csc(COc2ccc(CNC(C)C)cc2)n1. The number of thiazole rings is 1. The average Bonchev–Trinajstić information content (AvgIpc) is 2.81. The summed E-state index contributed by atoms with van der Waals surface area (Å²) in [4.78, 5) is 4.38. The van der Waals surface area contributed by atoms with Crippen LogP contribution in [-0.2, 0) is 13.2 Å². The van der Waals surface area contributed by atoms with Crippen molar-refractivity contribution in [1.29, 1.82) is 0 Å². The van der Waals surface area contributed by atoms with E-state index in [-0.39, 0.29) is 0 Å². The summed E-state index contributed by atoms with van der Waals surface area (Å²) in [5.41, 5.74) is 2.32. The Labute approximate surface area is 118 Å². The lowest BCUT2D eigenvalue weighted by Gasteiger charge is -2.09. The maximum absolute atomic E-state index is 5.71. The molecule has 0 saturated heterocycles. The molecule has 1 aromatic carbocycles. The van der Waals surface area contributed by atoms with Crippen LogP contribution in [-0.4, -0.2) is 11.0 Å². The zero-order valence-corrected chi connectivity index (χ0v) is 12.5. The Bertz CT molecular complexity index is 505. The second-order valence-electron chi connectivity index (χ2n) is 4.85. The molecular weight excluding hydrogens is 256 g/mol. The molecule has 0 saturated carbocycles. The normalized spacial score (nSPS) is 10.9. The molecule has 4 heteroatoms. The van der Waals surface area contributed by atoms with E-state index in [9.17, 15) is 0 Å². The zero-order valence-electron chi connectivity index (χ0n) is 11.6. The maximum atomic E-state index is 5.71. The lowest BCUT2D eigenvalue weighted by molar-refractivity contribution is 0.305. The van der Waals surface area contributed by atoms with Gasteiger partial charge in [-0.25, -0.2) is 4.98 Å². The first-order chi connectivity index (χ1) is 9.13. The predicted molar refractivity (Wildman–Crippen MR) is 79.6 cm³/mol. The second-order valence-corrected chi connectivity index (χ2v) is 5.79. The Morgan fingerprint density at radius 1 is 1.26 bits per heavy atom. The van der Waals surface area contributed by atoms with Crippen molar-refractivity contribution in [1.82, 2.24) is 10.3 Å². The van der Waals surface area contributed by atoms with E-state index in [2.05, 4.69) is 36.3 Å². The fourth-order valence-corrected chi connectivity index (χ4v) is 2.32. The average molecular weight is 276 g/mol. The number of aromatic nitrogens is 1. The van der Waals surface area contributed by atoms with E-state index < -0.39 is 0 Å². The number of nitrogens with zero attached hydrogens (tertiary/aromatic N) is 1. The molecule has 0 radical (unpaired) electrons. The summed E-state index contributed by atoms with van der Waals surface area (Å²) >= 11 is 1.64. The predicted octanol–water partition coefficient (Wildman–Crippen LogP) is 3.53. The lowest BCUT2D eigenvalue weighted by atomic mass is 10.2. The number of hydrogen-bond donors (Lipinski definition) is 1. The van der Waals surface area contributed by atoms with E-state index in [0.717, 1.165) is 23.0 Å². The van der Waals surface area contributed by atoms with E-state index in [1.54, 1.807) is 11.3 Å². The van der Waals surface area contributed by atoms with E-state index >= 15 is 0 Å². The molecule has 102 valence electrons. The van der Waals surface area contributed by atoms with E-state index in [4.69, 9.17) is 4.74 Å². The fraction of sp³-hybridized carbons (Fsp3) is 0.400. The van der Waals surface area contributed by atoms with Crippen LogP contribution >= 0.6 is 11.3 Å². The molecule has 1 N–H and O–H groups in total. The van der Waals surface area contributed by atoms with Gasteiger partial charge < -0.3 is 10.1 Å². The van der Waals surface area contributed by atoms with Crippen molar-refractivity contribution >= 4 is 11.3 Å². The Morgan fingerprint density at radius 2 is 2.00 bits per heavy atom. The first-order valence-electron chi connectivity index (χ1n) is 6.49. The van der Waals surface area contributed by atoms with Gasteiger partial charge in [-0.15, -0.1) is 11.3 Å². The Morgan fingerprint density at radius 3 is 2.58 bits per heavy atom. The maximum Gasteiger partial charge on any atom is 0.140 e. The van der Waals surface area contributed by atoms with Crippen LogP contribution in [0.25, 0.3) is 0 Å². The molecule has 0 bridgehead atoms. The van der Waals surface area contributed by atoms with Crippen molar-refractivity contribution in [2.45, 2.75) is 40.0 Å². The van der Waals surface area contributed by atoms with Gasteiger partial charge in [-0.05, 0) is 24.6 Å². The molecule has 19 heavy (non-hydrogen) atoms. The van der Waals surface area contributed by atoms with Crippen LogP contribution in [0.5, 0.6) is 5.75 Å². The topological polar surface area (TPSA) is 34.1 Å². The number of nitrogens with one attached hydrogen (secondary N) is 1. The van der Waals surface area contributed by atoms with Crippen LogP contribution in [0, 0.1) is 6.92 Å². The van der Waals surface area contributed by atoms with Gasteiger partial charge in [-0.3, -0.25) is 0 Å². The molecule has 2 aromatic rings. The summed E-state index contributed by atoms with van der Waals surface area (Å²) in [6.07, 6.45) is 0. The molecule has 1 aromatic heterocycles. The summed E-state index contributed by atoms with van der Waals surface area (Å²) in [5, 5.41) is 6.45. The van der Waals surface area contributed by atoms with Crippen molar-refractivity contribution in [3.8, 4) is 5.75 Å². The Hall–Kier alpha value is -1.39. The summed E-state index contributed by atoms with van der Waals surface area (Å²) < 4.78 is 5.71. The largest absolute Gasteiger partial charge is 0.486 e. The standard InChI is InChI=1S/C15H20N2OS/c1-11(2)16-8-13-4-6-14(7-5-13)18-9-15-17-12(3)10-19-15/h4-7,10-11,16H,8-9H2,1-3H3. The van der Waals surface area contributed by atoms with Gasteiger partial charge in [0.25, 0.3) is 0 Å². The molecule has 0 aliphatic heterocycles. The highest BCUT2D eigenvalue weighted by Crippen LogP contribution is 2.16. The highest BCUT2D eigenvalue weighted by Gasteiger charge is 2.01. The summed E-state index contributed by atoms with van der Waals surface area (Å²) in [6.45, 7) is 7.73. The molecule has 2 rings (SSSR count). The van der Waals surface area contributed by atoms with Crippen LogP contribution < -0.4 is 10.1 Å². The van der Waals surface area contributed by atoms with Gasteiger partial charge in [0, 0.05) is 23.7 Å². The fourth-order valence-electron chi connectivity index (χ4n) is 1.64. The van der Waals surface area contributed by atoms with Gasteiger partial charge in [0.1, 0.15) is 17.4 Å². The molecule has 0 unspecified atom stereocenters. The van der Waals surface area contributed by atoms with Gasteiger partial charge in [-0.2, -0.15) is 0 Å². The molecule has 0 fully saturated rings. The minimum Gasteiger partial charge on any atom is -0.486 e. The third kappa shape index (κ3) is 4.65. The van der Waals surface area contributed by atoms with Crippen molar-refractivity contribution in [3.63, 3.8) is 0 Å². The minimum absolute atomic E-state index is 0.504. The van der Waals surface area contributed by atoms with Gasteiger partial charge >= 0.3 is 0 Å². The summed E-state index contributed by atoms with van der Waals surface area (Å²) in [7, 11) is 0. The molecular formula is C15H20N2OS. The van der Waals surface area contributed by atoms with Crippen LogP contribution in [0.1, 0.15) is 30.1 Å². The van der Waals surface area contributed by atoms with Gasteiger partial charge in [-0.1, -0.05) is 26.0 Å². The number of ether oxygens (including phenoxy) is 1. The van der Waals surface area contributed by atoms with Crippen molar-refractivity contribution in [2.75, 3.05) is 0 Å². The quantitative estimate of drug-likeness (QED) is 0.876. The number of aryl methyl sites for hydroxylation is 1. The van der Waals surface area contributed by atoms with E-state index in [1.807, 2.05) is 24.4 Å². The first kappa shape index (κ1) is 14.0. The highest BCUT2D eigenvalue weighted by molar-refractivity contribution is 7.09. The van der Waals surface area contributed by atoms with Gasteiger partial charge in [0.05, 0.1) is 0 Å². The van der Waals surface area contributed by atoms with Crippen molar-refractivity contribution in [3.05, 3.63) is 45.9 Å². The van der Waals surface area contributed by atoms with Crippen LogP contribution in [0.15, 0.2) is 29.6 Å². The van der Waals surface area contributed by atoms with Crippen molar-refractivity contribution < 1.29 is 4.74 Å². The van der Waals surface area contributed by atoms with Crippen molar-refractivity contribution in [2.24, 2.45) is 0 Å². The Balaban J connectivity index is 1.84. The Kier molecular flexibility index (Phi) is 4.93. The molecule has 1 heterocycles. The summed E-state index contributed by atoms with van der Waals surface area (Å²) in [5.74, 6) is 0.890. The third-order valence-corrected chi connectivity index (χ3v) is 3.61. The number of rotatable bonds is 6. The van der Waals surface area contributed by atoms with Crippen LogP contribution in [0.4, 0.5) is 0 Å². The lowest BCUT2D eigenvalue weighted by Crippen LogP contribution is -2.21. The summed E-state index contributed by atoms with van der Waals surface area (Å²) in [6, 6.07) is 8.72. The van der Waals surface area contributed by atoms with E-state index in [0.29, 0.717) is 12.6 Å². The zero-order chi connectivity index (χ0) is 13.7. The number of benzene rings is 1. The molecule has 3 nitrogen and oxygen atoms in total. The smallest absolute Gasteiger partial charge is 0.140 e. The van der Waals surface area contributed by atoms with Crippen LogP contribution in [0.3, 0.4) is 0 Å². The molecule has 0 aliphatic carbocycles. The number of hydrogen-bond acceptors (Lipinski definition) is 4. The minimum atomic E-state index is 0.504.